The molecular formula is C19H12Cl2F3NO3S. The van der Waals surface area contributed by atoms with Crippen molar-refractivity contribution in [1.29, 1.82) is 0 Å². The van der Waals surface area contributed by atoms with Crippen LogP contribution in [0.5, 0.6) is 5.75 Å². The van der Waals surface area contributed by atoms with Crippen LogP contribution in [0, 0.1) is 0 Å². The molecule has 4 nitrogen and oxygen atoms in total. The Morgan fingerprint density at radius 3 is 2.79 bits per heavy atom. The number of carbonyl (C=O) groups is 1. The molecule has 1 aliphatic carbocycles. The number of rotatable bonds is 4. The molecule has 1 N–H and O–H groups in total. The molecule has 3 aromatic rings. The van der Waals surface area contributed by atoms with Crippen LogP contribution in [0.2, 0.25) is 10.0 Å². The number of pyridine rings is 1. The maximum absolute atomic E-state index is 12.9. The first kappa shape index (κ1) is 20.3. The van der Waals surface area contributed by atoms with Crippen molar-refractivity contribution < 1.29 is 27.8 Å². The molecule has 0 saturated carbocycles. The number of hydrogen-bond acceptors (Lipinski definition) is 4. The third-order valence-corrected chi connectivity index (χ3v) is 6.51. The molecule has 0 bridgehead atoms. The van der Waals surface area contributed by atoms with Crippen LogP contribution in [-0.2, 0) is 23.8 Å². The van der Waals surface area contributed by atoms with E-state index in [-0.39, 0.29) is 6.42 Å². The van der Waals surface area contributed by atoms with E-state index in [1.54, 1.807) is 5.38 Å². The fourth-order valence-corrected chi connectivity index (χ4v) is 5.14. The quantitative estimate of drug-likeness (QED) is 0.494. The highest BCUT2D eigenvalue weighted by Gasteiger charge is 2.35. The molecule has 0 fully saturated rings. The van der Waals surface area contributed by atoms with Gasteiger partial charge < -0.3 is 9.84 Å². The molecule has 0 aliphatic heterocycles. The molecule has 29 heavy (non-hydrogen) atoms. The molecule has 10 heteroatoms. The molecule has 1 aliphatic rings. The number of aliphatic carboxylic acids is 1. The van der Waals surface area contributed by atoms with Gasteiger partial charge in [0.05, 0.1) is 16.1 Å². The number of carboxylic acid groups (broad SMARTS) is 1. The number of halogens is 5. The minimum Gasteiger partial charge on any atom is -0.484 e. The fraction of sp³-hybridized carbons (Fsp3) is 0.263. The average Bonchev–Trinajstić information content (AvgIpc) is 3.22. The van der Waals surface area contributed by atoms with Gasteiger partial charge in [0.25, 0.3) is 0 Å². The van der Waals surface area contributed by atoms with Crippen LogP contribution in [0.3, 0.4) is 0 Å². The van der Waals surface area contributed by atoms with E-state index >= 15 is 0 Å². The summed E-state index contributed by atoms with van der Waals surface area (Å²) in [6.45, 7) is 0. The molecule has 0 amide bonds. The molecular weight excluding hydrogens is 450 g/mol. The summed E-state index contributed by atoms with van der Waals surface area (Å²) in [5.74, 6) is -0.684. The standard InChI is InChI=1S/C19H12Cl2F3NO3S/c20-10-6-13(17(21)18-16(10)8(7-29-18)5-15(26)27)28-12-3-2-11-9(12)1-4-14(25-11)19(22,23)24/h1,4,6-7,12H,2-3,5H2,(H,26,27)/t12-/m1/s1. The summed E-state index contributed by atoms with van der Waals surface area (Å²) in [5.41, 5.74) is 0.575. The van der Waals surface area contributed by atoms with Gasteiger partial charge in [-0.3, -0.25) is 4.79 Å². The Hall–Kier alpha value is -2.03. The predicted octanol–water partition coefficient (Wildman–Crippen LogP) is 6.32. The summed E-state index contributed by atoms with van der Waals surface area (Å²) < 4.78 is 45.2. The highest BCUT2D eigenvalue weighted by atomic mass is 35.5. The second-order valence-electron chi connectivity index (χ2n) is 6.58. The van der Waals surface area contributed by atoms with Crippen molar-refractivity contribution in [2.24, 2.45) is 0 Å². The van der Waals surface area contributed by atoms with Gasteiger partial charge in [0, 0.05) is 22.7 Å². The first-order chi connectivity index (χ1) is 13.6. The molecule has 1 aromatic carbocycles. The van der Waals surface area contributed by atoms with Crippen LogP contribution in [0.4, 0.5) is 13.2 Å². The van der Waals surface area contributed by atoms with Crippen LogP contribution in [0.15, 0.2) is 23.6 Å². The molecule has 1 atom stereocenters. The number of carboxylic acids is 1. The lowest BCUT2D eigenvalue weighted by Crippen LogP contribution is -2.10. The second-order valence-corrected chi connectivity index (χ2v) is 8.25. The second kappa shape index (κ2) is 7.34. The van der Waals surface area contributed by atoms with Gasteiger partial charge in [0.2, 0.25) is 0 Å². The van der Waals surface area contributed by atoms with Crippen molar-refractivity contribution in [1.82, 2.24) is 4.98 Å². The third kappa shape index (κ3) is 3.76. The molecule has 0 radical (unpaired) electrons. The Balaban J connectivity index is 1.67. The zero-order valence-corrected chi connectivity index (χ0v) is 16.8. The molecule has 0 unspecified atom stereocenters. The average molecular weight is 462 g/mol. The molecule has 4 rings (SSSR count). The Morgan fingerprint density at radius 1 is 1.34 bits per heavy atom. The van der Waals surface area contributed by atoms with Crippen LogP contribution >= 0.6 is 34.5 Å². The highest BCUT2D eigenvalue weighted by Crippen LogP contribution is 2.45. The summed E-state index contributed by atoms with van der Waals surface area (Å²) in [5, 5.41) is 11.9. The fourth-order valence-electron chi connectivity index (χ4n) is 3.42. The van der Waals surface area contributed by atoms with Crippen molar-refractivity contribution in [3.8, 4) is 5.75 Å². The first-order valence-electron chi connectivity index (χ1n) is 8.48. The lowest BCUT2D eigenvalue weighted by atomic mass is 10.1. The summed E-state index contributed by atoms with van der Waals surface area (Å²) in [6.07, 6.45) is -4.35. The van der Waals surface area contributed by atoms with E-state index in [2.05, 4.69) is 4.98 Å². The van der Waals surface area contributed by atoms with E-state index in [1.807, 2.05) is 0 Å². The number of fused-ring (bicyclic) bond motifs is 2. The smallest absolute Gasteiger partial charge is 0.433 e. The van der Waals surface area contributed by atoms with Gasteiger partial charge >= 0.3 is 12.1 Å². The van der Waals surface area contributed by atoms with Gasteiger partial charge in [-0.15, -0.1) is 11.3 Å². The van der Waals surface area contributed by atoms with Crippen molar-refractivity contribution >= 4 is 50.6 Å². The molecule has 152 valence electrons. The van der Waals surface area contributed by atoms with Gasteiger partial charge in [0.15, 0.2) is 0 Å². The Labute approximate surface area is 176 Å². The number of benzene rings is 1. The first-order valence-corrected chi connectivity index (χ1v) is 10.1. The van der Waals surface area contributed by atoms with E-state index in [4.69, 9.17) is 33.0 Å². The Bertz CT molecular complexity index is 1130. The monoisotopic (exact) mass is 461 g/mol. The number of thiophene rings is 1. The molecule has 2 aromatic heterocycles. The van der Waals surface area contributed by atoms with E-state index < -0.39 is 23.9 Å². The van der Waals surface area contributed by atoms with E-state index in [0.29, 0.717) is 55.5 Å². The predicted molar refractivity (Wildman–Crippen MR) is 104 cm³/mol. The topological polar surface area (TPSA) is 59.4 Å². The SMILES string of the molecule is O=C(O)Cc1csc2c(Cl)c(O[C@@H]3CCc4nc(C(F)(F)F)ccc43)cc(Cl)c12. The molecule has 2 heterocycles. The maximum Gasteiger partial charge on any atom is 0.433 e. The van der Waals surface area contributed by atoms with E-state index in [9.17, 15) is 18.0 Å². The van der Waals surface area contributed by atoms with Gasteiger partial charge in [-0.05, 0) is 29.9 Å². The summed E-state index contributed by atoms with van der Waals surface area (Å²) in [7, 11) is 0. The van der Waals surface area contributed by atoms with Crippen molar-refractivity contribution in [3.63, 3.8) is 0 Å². The largest absolute Gasteiger partial charge is 0.484 e. The van der Waals surface area contributed by atoms with Gasteiger partial charge in [-0.25, -0.2) is 4.98 Å². The van der Waals surface area contributed by atoms with Crippen LogP contribution in [-0.4, -0.2) is 16.1 Å². The zero-order chi connectivity index (χ0) is 20.9. The number of aromatic nitrogens is 1. The van der Waals surface area contributed by atoms with Crippen molar-refractivity contribution in [3.05, 3.63) is 56.1 Å². The Morgan fingerprint density at radius 2 is 2.10 bits per heavy atom. The molecule has 0 saturated heterocycles. The minimum absolute atomic E-state index is 0.181. The van der Waals surface area contributed by atoms with E-state index in [1.165, 1.54) is 23.5 Å². The zero-order valence-electron chi connectivity index (χ0n) is 14.5. The normalized spacial score (nSPS) is 16.2. The lowest BCUT2D eigenvalue weighted by Gasteiger charge is -2.17. The van der Waals surface area contributed by atoms with Crippen LogP contribution in [0.1, 0.15) is 35.0 Å². The maximum atomic E-state index is 12.9. The lowest BCUT2D eigenvalue weighted by molar-refractivity contribution is -0.141. The summed E-state index contributed by atoms with van der Waals surface area (Å²) in [4.78, 5) is 14.8. The Kier molecular flexibility index (Phi) is 5.13. The minimum atomic E-state index is -4.50. The van der Waals surface area contributed by atoms with Crippen LogP contribution < -0.4 is 4.74 Å². The number of aryl methyl sites for hydroxylation is 1. The summed E-state index contributed by atoms with van der Waals surface area (Å²) in [6, 6.07) is 3.84. The van der Waals surface area contributed by atoms with Crippen molar-refractivity contribution in [2.45, 2.75) is 31.5 Å². The van der Waals surface area contributed by atoms with Gasteiger partial charge in [-0.1, -0.05) is 29.3 Å². The third-order valence-electron chi connectivity index (χ3n) is 4.68. The molecule has 0 spiro atoms. The van der Waals surface area contributed by atoms with Gasteiger partial charge in [-0.2, -0.15) is 13.2 Å². The number of hydrogen-bond donors (Lipinski definition) is 1. The van der Waals surface area contributed by atoms with Gasteiger partial charge in [0.1, 0.15) is 22.6 Å². The number of ether oxygens (including phenoxy) is 1. The van der Waals surface area contributed by atoms with E-state index in [0.717, 1.165) is 6.07 Å². The number of nitrogens with zero attached hydrogens (tertiary/aromatic N) is 1. The number of alkyl halides is 3. The van der Waals surface area contributed by atoms with Crippen LogP contribution in [0.25, 0.3) is 10.1 Å². The highest BCUT2D eigenvalue weighted by molar-refractivity contribution is 7.18. The summed E-state index contributed by atoms with van der Waals surface area (Å²) >= 11 is 14.1. The van der Waals surface area contributed by atoms with Crippen molar-refractivity contribution in [2.75, 3.05) is 0 Å².